The number of ether oxygens (including phenoxy) is 1. The zero-order chi connectivity index (χ0) is 22.7. The first-order valence-corrected chi connectivity index (χ1v) is 13.3. The summed E-state index contributed by atoms with van der Waals surface area (Å²) in [6.45, 7) is 3.34. The number of nitrogens with zero attached hydrogens (tertiary/aromatic N) is 4. The molecule has 1 aliphatic heterocycles. The second kappa shape index (κ2) is 9.90. The van der Waals surface area contributed by atoms with Crippen LogP contribution in [0.1, 0.15) is 38.6 Å². The molecule has 1 amide bonds. The van der Waals surface area contributed by atoms with Crippen molar-refractivity contribution in [2.45, 2.75) is 54.0 Å². The minimum Gasteiger partial charge on any atom is -0.379 e. The Morgan fingerprint density at radius 2 is 1.94 bits per heavy atom. The van der Waals surface area contributed by atoms with Gasteiger partial charge >= 0.3 is 0 Å². The number of morpholine rings is 1. The van der Waals surface area contributed by atoms with E-state index in [9.17, 15) is 13.2 Å². The summed E-state index contributed by atoms with van der Waals surface area (Å²) < 4.78 is 35.2. The molecule has 1 unspecified atom stereocenters. The van der Waals surface area contributed by atoms with Crippen molar-refractivity contribution in [3.63, 3.8) is 0 Å². The number of carbonyl (C=O) groups excluding carboxylic acids is 1. The fourth-order valence-electron chi connectivity index (χ4n) is 4.19. The first-order chi connectivity index (χ1) is 15.4. The summed E-state index contributed by atoms with van der Waals surface area (Å²) in [6, 6.07) is 7.14. The van der Waals surface area contributed by atoms with Crippen LogP contribution >= 0.6 is 11.8 Å². The molecule has 2 heterocycles. The van der Waals surface area contributed by atoms with E-state index in [-0.39, 0.29) is 22.1 Å². The van der Waals surface area contributed by atoms with Gasteiger partial charge in [0.1, 0.15) is 0 Å². The summed E-state index contributed by atoms with van der Waals surface area (Å²) in [5.41, 5.74) is 0.707. The van der Waals surface area contributed by atoms with Crippen LogP contribution < -0.4 is 5.32 Å². The first-order valence-electron chi connectivity index (χ1n) is 10.9. The smallest absolute Gasteiger partial charge is 0.243 e. The van der Waals surface area contributed by atoms with Crippen LogP contribution in [0.4, 0.5) is 0 Å². The molecule has 2 aromatic rings. The van der Waals surface area contributed by atoms with Gasteiger partial charge in [-0.1, -0.05) is 36.7 Å². The summed E-state index contributed by atoms with van der Waals surface area (Å²) in [6.07, 6.45) is 4.28. The van der Waals surface area contributed by atoms with Crippen molar-refractivity contribution >= 4 is 27.7 Å². The highest BCUT2D eigenvalue weighted by Gasteiger charge is 2.29. The van der Waals surface area contributed by atoms with Crippen molar-refractivity contribution in [2.75, 3.05) is 33.4 Å². The molecule has 1 saturated heterocycles. The minimum absolute atomic E-state index is 0.0730. The fraction of sp³-hybridized carbons (Fsp3) is 0.571. The number of hydrogen-bond acceptors (Lipinski definition) is 7. The lowest BCUT2D eigenvalue weighted by molar-refractivity contribution is -0.119. The standard InChI is InChI=1S/C21H29N5O4S2/c1-15(20(27)22-2)31-21-24-23-19(26(21)17-7-3-4-8-17)16-6-5-9-18(14-16)32(28,29)25-10-12-30-13-11-25/h5-6,9,14-15,17H,3-4,7-8,10-13H2,1-2H3,(H,22,27). The van der Waals surface area contributed by atoms with Crippen LogP contribution in [0.5, 0.6) is 0 Å². The summed E-state index contributed by atoms with van der Waals surface area (Å²) in [5.74, 6) is 0.568. The van der Waals surface area contributed by atoms with Crippen LogP contribution in [0.15, 0.2) is 34.3 Å². The lowest BCUT2D eigenvalue weighted by atomic mass is 10.2. The zero-order valence-corrected chi connectivity index (χ0v) is 20.0. The highest BCUT2D eigenvalue weighted by Crippen LogP contribution is 2.38. The second-order valence-corrected chi connectivity index (χ2v) is 11.3. The molecule has 9 nitrogen and oxygen atoms in total. The summed E-state index contributed by atoms with van der Waals surface area (Å²) in [7, 11) is -2.00. The van der Waals surface area contributed by atoms with Gasteiger partial charge in [-0.15, -0.1) is 10.2 Å². The lowest BCUT2D eigenvalue weighted by Gasteiger charge is -2.26. The van der Waals surface area contributed by atoms with Crippen molar-refractivity contribution in [3.8, 4) is 11.4 Å². The SMILES string of the molecule is CNC(=O)C(C)Sc1nnc(-c2cccc(S(=O)(=O)N3CCOCC3)c2)n1C1CCCC1. The topological polar surface area (TPSA) is 106 Å². The predicted octanol–water partition coefficient (Wildman–Crippen LogP) is 2.31. The monoisotopic (exact) mass is 479 g/mol. The Morgan fingerprint density at radius 1 is 1.22 bits per heavy atom. The average molecular weight is 480 g/mol. The number of carbonyl (C=O) groups is 1. The maximum Gasteiger partial charge on any atom is 0.243 e. The molecular formula is C21H29N5O4S2. The molecule has 174 valence electrons. The lowest BCUT2D eigenvalue weighted by Crippen LogP contribution is -2.40. The molecular weight excluding hydrogens is 450 g/mol. The molecule has 11 heteroatoms. The maximum atomic E-state index is 13.1. The Hall–Kier alpha value is -1.95. The van der Waals surface area contributed by atoms with Crippen LogP contribution in [0.25, 0.3) is 11.4 Å². The van der Waals surface area contributed by atoms with Crippen molar-refractivity contribution in [1.29, 1.82) is 0 Å². The number of hydrogen-bond donors (Lipinski definition) is 1. The van der Waals surface area contributed by atoms with E-state index in [1.54, 1.807) is 25.2 Å². The Balaban J connectivity index is 1.70. The summed E-state index contributed by atoms with van der Waals surface area (Å²) >= 11 is 1.37. The van der Waals surface area contributed by atoms with Crippen molar-refractivity contribution in [2.24, 2.45) is 0 Å². The number of rotatable bonds is 7. The highest BCUT2D eigenvalue weighted by atomic mass is 32.2. The Labute approximate surface area is 193 Å². The van der Waals surface area contributed by atoms with Crippen molar-refractivity contribution in [1.82, 2.24) is 24.4 Å². The van der Waals surface area contributed by atoms with Gasteiger partial charge in [0.2, 0.25) is 15.9 Å². The third kappa shape index (κ3) is 4.70. The molecule has 1 atom stereocenters. The van der Waals surface area contributed by atoms with Gasteiger partial charge in [-0.05, 0) is 31.9 Å². The molecule has 1 saturated carbocycles. The van der Waals surface area contributed by atoms with Gasteiger partial charge in [-0.25, -0.2) is 8.42 Å². The van der Waals surface area contributed by atoms with Gasteiger partial charge in [0.05, 0.1) is 23.4 Å². The molecule has 2 fully saturated rings. The normalized spacial score (nSPS) is 19.2. The van der Waals surface area contributed by atoms with E-state index in [0.717, 1.165) is 25.7 Å². The molecule has 1 aromatic carbocycles. The molecule has 1 aromatic heterocycles. The number of sulfonamides is 1. The molecule has 0 bridgehead atoms. The van der Waals surface area contributed by atoms with Gasteiger partial charge in [-0.3, -0.25) is 9.36 Å². The van der Waals surface area contributed by atoms with Crippen LogP contribution in [0.3, 0.4) is 0 Å². The van der Waals surface area contributed by atoms with E-state index >= 15 is 0 Å². The number of benzene rings is 1. The Kier molecular flexibility index (Phi) is 7.18. The zero-order valence-electron chi connectivity index (χ0n) is 18.4. The molecule has 0 radical (unpaired) electrons. The van der Waals surface area contributed by atoms with E-state index in [2.05, 4.69) is 20.1 Å². The highest BCUT2D eigenvalue weighted by molar-refractivity contribution is 8.00. The van der Waals surface area contributed by atoms with E-state index in [4.69, 9.17) is 4.74 Å². The molecule has 2 aliphatic rings. The maximum absolute atomic E-state index is 13.1. The molecule has 0 spiro atoms. The number of aromatic nitrogens is 3. The Bertz CT molecular complexity index is 1060. The second-order valence-electron chi connectivity index (χ2n) is 8.03. The van der Waals surface area contributed by atoms with Crippen molar-refractivity contribution < 1.29 is 17.9 Å². The largest absolute Gasteiger partial charge is 0.379 e. The van der Waals surface area contributed by atoms with E-state index in [0.29, 0.717) is 42.8 Å². The number of nitrogens with one attached hydrogen (secondary N) is 1. The van der Waals surface area contributed by atoms with Crippen LogP contribution in [0.2, 0.25) is 0 Å². The van der Waals surface area contributed by atoms with Crippen LogP contribution in [-0.4, -0.2) is 72.0 Å². The fourth-order valence-corrected chi connectivity index (χ4v) is 6.62. The summed E-state index contributed by atoms with van der Waals surface area (Å²) in [4.78, 5) is 12.3. The van der Waals surface area contributed by atoms with E-state index in [1.165, 1.54) is 16.1 Å². The third-order valence-corrected chi connectivity index (χ3v) is 8.90. The van der Waals surface area contributed by atoms with E-state index < -0.39 is 10.0 Å². The van der Waals surface area contributed by atoms with E-state index in [1.807, 2.05) is 13.0 Å². The summed E-state index contributed by atoms with van der Waals surface area (Å²) in [5, 5.41) is 11.9. The predicted molar refractivity (Wildman–Crippen MR) is 122 cm³/mol. The van der Waals surface area contributed by atoms with Gasteiger partial charge in [0.25, 0.3) is 0 Å². The molecule has 32 heavy (non-hydrogen) atoms. The quantitative estimate of drug-likeness (QED) is 0.607. The number of amides is 1. The van der Waals surface area contributed by atoms with Gasteiger partial charge in [0.15, 0.2) is 11.0 Å². The third-order valence-electron chi connectivity index (χ3n) is 5.95. The van der Waals surface area contributed by atoms with Gasteiger partial charge < -0.3 is 10.1 Å². The van der Waals surface area contributed by atoms with Gasteiger partial charge in [0, 0.05) is 31.7 Å². The minimum atomic E-state index is -3.61. The average Bonchev–Trinajstić information content (AvgIpc) is 3.49. The Morgan fingerprint density at radius 3 is 2.62 bits per heavy atom. The first kappa shape index (κ1) is 23.2. The van der Waals surface area contributed by atoms with Crippen LogP contribution in [-0.2, 0) is 19.6 Å². The number of thioether (sulfide) groups is 1. The molecule has 1 N–H and O–H groups in total. The molecule has 4 rings (SSSR count). The van der Waals surface area contributed by atoms with Crippen molar-refractivity contribution in [3.05, 3.63) is 24.3 Å². The van der Waals surface area contributed by atoms with Crippen LogP contribution in [0, 0.1) is 0 Å². The van der Waals surface area contributed by atoms with Gasteiger partial charge in [-0.2, -0.15) is 4.31 Å². The molecule has 1 aliphatic carbocycles.